The number of carbonyl (C=O) groups excluding carboxylic acids is 4. The van der Waals surface area contributed by atoms with Gasteiger partial charge in [0.15, 0.2) is 0 Å². The molecule has 11 nitrogen and oxygen atoms in total. The van der Waals surface area contributed by atoms with Crippen molar-refractivity contribution in [2.75, 3.05) is 19.7 Å². The average molecular weight is 418 g/mol. The fraction of sp³-hybridized carbons (Fsp3) is 0.421. The number of likely N-dealkylation sites (tertiary alicyclic amines) is 1. The molecule has 11 heteroatoms. The van der Waals surface area contributed by atoms with E-state index in [4.69, 9.17) is 14.6 Å². The van der Waals surface area contributed by atoms with Gasteiger partial charge in [-0.05, 0) is 18.4 Å². The summed E-state index contributed by atoms with van der Waals surface area (Å²) >= 11 is 0. The highest BCUT2D eigenvalue weighted by Gasteiger charge is 2.54. The minimum Gasteiger partial charge on any atom is -0.483 e. The van der Waals surface area contributed by atoms with E-state index >= 15 is 0 Å². The van der Waals surface area contributed by atoms with Crippen LogP contribution in [0.4, 0.5) is 9.59 Å². The summed E-state index contributed by atoms with van der Waals surface area (Å²) in [5.41, 5.74) is -0.00915. The van der Waals surface area contributed by atoms with Crippen molar-refractivity contribution >= 4 is 30.4 Å². The van der Waals surface area contributed by atoms with Crippen molar-refractivity contribution in [2.45, 2.75) is 31.0 Å². The third-order valence-electron chi connectivity index (χ3n) is 5.46. The van der Waals surface area contributed by atoms with E-state index in [0.717, 1.165) is 5.56 Å². The zero-order valence-electron chi connectivity index (χ0n) is 16.1. The quantitative estimate of drug-likeness (QED) is 0.459. The summed E-state index contributed by atoms with van der Waals surface area (Å²) in [7, 11) is 0. The molecule has 1 atom stereocenters. The number of hydrogen-bond acceptors (Lipinski definition) is 6. The number of carbonyl (C=O) groups is 5. The summed E-state index contributed by atoms with van der Waals surface area (Å²) in [5, 5.41) is 11.8. The van der Waals surface area contributed by atoms with Gasteiger partial charge in [0.05, 0.1) is 0 Å². The van der Waals surface area contributed by atoms with Crippen molar-refractivity contribution < 1.29 is 33.8 Å². The summed E-state index contributed by atoms with van der Waals surface area (Å²) in [5.74, 6) is -0.539. The molecule has 4 rings (SSSR count). The van der Waals surface area contributed by atoms with E-state index in [9.17, 15) is 19.2 Å². The summed E-state index contributed by atoms with van der Waals surface area (Å²) in [6.07, 6.45) is 0.103. The van der Waals surface area contributed by atoms with Gasteiger partial charge in [0.1, 0.15) is 18.2 Å². The van der Waals surface area contributed by atoms with Crippen molar-refractivity contribution in [3.8, 4) is 0 Å². The van der Waals surface area contributed by atoms with Crippen LogP contribution in [0.25, 0.3) is 0 Å². The summed E-state index contributed by atoms with van der Waals surface area (Å²) in [4.78, 5) is 60.2. The van der Waals surface area contributed by atoms with E-state index in [2.05, 4.69) is 10.6 Å². The first-order valence-electron chi connectivity index (χ1n) is 9.38. The molecular formula is C19H22N4O7. The van der Waals surface area contributed by atoms with Crippen LogP contribution in [-0.4, -0.2) is 76.6 Å². The van der Waals surface area contributed by atoms with Crippen molar-refractivity contribution in [2.24, 2.45) is 0 Å². The number of nitrogens with one attached hydrogen (secondary N) is 2. The molecule has 30 heavy (non-hydrogen) atoms. The lowest BCUT2D eigenvalue weighted by molar-refractivity contribution is -0.139. The second-order valence-electron chi connectivity index (χ2n) is 7.09. The Hall–Kier alpha value is -3.63. The molecule has 0 radical (unpaired) electrons. The second-order valence-corrected chi connectivity index (χ2v) is 7.09. The van der Waals surface area contributed by atoms with Gasteiger partial charge in [-0.25, -0.2) is 9.59 Å². The number of piperidine rings is 1. The Kier molecular flexibility index (Phi) is 6.19. The molecular weight excluding hydrogens is 396 g/mol. The number of alkyl carbamates (subject to hydrolysis) is 1. The standard InChI is InChI=1S/C18H20N4O5.CH2O2/c23-14(13-11-27-17(26)19-13)21-8-6-18(7-9-21)15(24)20-16(25)22(18)10-12-4-2-1-3-5-12;2-1-3/h1-5,13H,6-11H2,(H,19,26)(H,20,24,25);1H,(H,2,3)/t13-;/m0./s1. The van der Waals surface area contributed by atoms with Crippen molar-refractivity contribution in [1.29, 1.82) is 0 Å². The molecule has 1 spiro atoms. The van der Waals surface area contributed by atoms with E-state index in [-0.39, 0.29) is 24.9 Å². The van der Waals surface area contributed by atoms with Gasteiger partial charge >= 0.3 is 12.1 Å². The number of imide groups is 1. The number of carboxylic acid groups (broad SMARTS) is 1. The van der Waals surface area contributed by atoms with Crippen LogP contribution >= 0.6 is 0 Å². The van der Waals surface area contributed by atoms with E-state index < -0.39 is 23.7 Å². The van der Waals surface area contributed by atoms with E-state index in [1.807, 2.05) is 30.3 Å². The molecule has 0 bridgehead atoms. The normalized spacial score (nSPS) is 22.0. The first-order valence-corrected chi connectivity index (χ1v) is 9.38. The minimum absolute atomic E-state index is 0.0123. The molecule has 3 fully saturated rings. The minimum atomic E-state index is -0.945. The SMILES string of the molecule is O=C1N[C@H](C(=O)N2CCC3(CC2)C(=O)NC(=O)N3Cc2ccccc2)CO1.O=CO. The predicted octanol–water partition coefficient (Wildman–Crippen LogP) is -0.0912. The third kappa shape index (κ3) is 4.04. The maximum Gasteiger partial charge on any atom is 0.407 e. The Bertz CT molecular complexity index is 837. The van der Waals surface area contributed by atoms with Gasteiger partial charge in [-0.15, -0.1) is 0 Å². The molecule has 0 saturated carbocycles. The number of ether oxygens (including phenoxy) is 1. The molecule has 160 valence electrons. The Morgan fingerprint density at radius 3 is 2.40 bits per heavy atom. The molecule has 1 aromatic carbocycles. The van der Waals surface area contributed by atoms with E-state index in [0.29, 0.717) is 32.5 Å². The number of nitrogens with zero attached hydrogens (tertiary/aromatic N) is 2. The number of urea groups is 1. The fourth-order valence-electron chi connectivity index (χ4n) is 3.92. The number of rotatable bonds is 3. The highest BCUT2D eigenvalue weighted by Crippen LogP contribution is 2.34. The molecule has 1 aromatic rings. The highest BCUT2D eigenvalue weighted by atomic mass is 16.6. The number of cyclic esters (lactones) is 1. The second kappa shape index (κ2) is 8.80. The van der Waals surface area contributed by atoms with E-state index in [1.54, 1.807) is 9.80 Å². The lowest BCUT2D eigenvalue weighted by Gasteiger charge is -2.42. The highest BCUT2D eigenvalue weighted by molar-refractivity contribution is 6.07. The number of amides is 5. The van der Waals surface area contributed by atoms with Crippen LogP contribution in [0.15, 0.2) is 30.3 Å². The fourth-order valence-corrected chi connectivity index (χ4v) is 3.92. The molecule has 0 aromatic heterocycles. The number of benzene rings is 1. The lowest BCUT2D eigenvalue weighted by atomic mass is 9.85. The molecule has 0 aliphatic carbocycles. The van der Waals surface area contributed by atoms with Crippen molar-refractivity contribution in [1.82, 2.24) is 20.4 Å². The summed E-state index contributed by atoms with van der Waals surface area (Å²) < 4.78 is 4.77. The molecule has 3 aliphatic heterocycles. The van der Waals surface area contributed by atoms with Crippen LogP contribution in [0.2, 0.25) is 0 Å². The molecule has 3 aliphatic rings. The molecule has 3 heterocycles. The maximum absolute atomic E-state index is 12.6. The van der Waals surface area contributed by atoms with Crippen molar-refractivity contribution in [3.63, 3.8) is 0 Å². The monoisotopic (exact) mass is 418 g/mol. The van der Waals surface area contributed by atoms with Gasteiger partial charge in [0.2, 0.25) is 5.91 Å². The lowest BCUT2D eigenvalue weighted by Crippen LogP contribution is -2.58. The van der Waals surface area contributed by atoms with Crippen LogP contribution in [0, 0.1) is 0 Å². The molecule has 0 unspecified atom stereocenters. The van der Waals surface area contributed by atoms with Gasteiger partial charge < -0.3 is 25.0 Å². The topological polar surface area (TPSA) is 145 Å². The summed E-state index contributed by atoms with van der Waals surface area (Å²) in [6.45, 7) is 0.756. The zero-order valence-corrected chi connectivity index (χ0v) is 16.1. The van der Waals surface area contributed by atoms with Crippen LogP contribution in [0.5, 0.6) is 0 Å². The smallest absolute Gasteiger partial charge is 0.407 e. The average Bonchev–Trinajstić information content (AvgIpc) is 3.27. The van der Waals surface area contributed by atoms with Gasteiger partial charge in [-0.1, -0.05) is 30.3 Å². The maximum atomic E-state index is 12.6. The zero-order chi connectivity index (χ0) is 21.7. The van der Waals surface area contributed by atoms with Gasteiger partial charge in [-0.2, -0.15) is 0 Å². The Labute approximate surface area is 171 Å². The first kappa shape index (κ1) is 21.1. The van der Waals surface area contributed by atoms with Crippen molar-refractivity contribution in [3.05, 3.63) is 35.9 Å². The Morgan fingerprint density at radius 2 is 1.83 bits per heavy atom. The predicted molar refractivity (Wildman–Crippen MR) is 101 cm³/mol. The van der Waals surface area contributed by atoms with Crippen LogP contribution in [0.1, 0.15) is 18.4 Å². The Balaban J connectivity index is 0.000000806. The van der Waals surface area contributed by atoms with Gasteiger partial charge in [-0.3, -0.25) is 19.7 Å². The summed E-state index contributed by atoms with van der Waals surface area (Å²) in [6, 6.07) is 8.39. The van der Waals surface area contributed by atoms with Crippen LogP contribution < -0.4 is 10.6 Å². The molecule has 3 N–H and O–H groups in total. The van der Waals surface area contributed by atoms with Gasteiger partial charge in [0, 0.05) is 19.6 Å². The molecule has 5 amide bonds. The number of hydrogen-bond donors (Lipinski definition) is 3. The third-order valence-corrected chi connectivity index (χ3v) is 5.46. The van der Waals surface area contributed by atoms with E-state index in [1.165, 1.54) is 0 Å². The first-order chi connectivity index (χ1) is 14.4. The van der Waals surface area contributed by atoms with Gasteiger partial charge in [0.25, 0.3) is 12.4 Å². The Morgan fingerprint density at radius 1 is 1.20 bits per heavy atom. The van der Waals surface area contributed by atoms with Crippen LogP contribution in [-0.2, 0) is 25.7 Å². The molecule has 3 saturated heterocycles. The largest absolute Gasteiger partial charge is 0.483 e. The van der Waals surface area contributed by atoms with Crippen LogP contribution in [0.3, 0.4) is 0 Å².